The summed E-state index contributed by atoms with van der Waals surface area (Å²) in [5.41, 5.74) is 4.41. The van der Waals surface area contributed by atoms with Crippen LogP contribution in [0.25, 0.3) is 0 Å². The summed E-state index contributed by atoms with van der Waals surface area (Å²) in [5.74, 6) is 1.90. The van der Waals surface area contributed by atoms with Gasteiger partial charge in [0.15, 0.2) is 11.5 Å². The van der Waals surface area contributed by atoms with Gasteiger partial charge in [0.2, 0.25) is 6.79 Å². The Morgan fingerprint density at radius 2 is 2.17 bits per heavy atom. The zero-order chi connectivity index (χ0) is 15.4. The van der Waals surface area contributed by atoms with E-state index in [1.54, 1.807) is 5.57 Å². The molecule has 0 N–H and O–H groups in total. The Kier molecular flexibility index (Phi) is 3.01. The third-order valence-electron chi connectivity index (χ3n) is 6.15. The van der Waals surface area contributed by atoms with Gasteiger partial charge in [-0.15, -0.1) is 0 Å². The number of nitrogens with zero attached hydrogens (tertiary/aromatic N) is 1. The Hall–Kier alpha value is -1.52. The van der Waals surface area contributed by atoms with E-state index < -0.39 is 0 Å². The van der Waals surface area contributed by atoms with Crippen LogP contribution in [0.3, 0.4) is 0 Å². The fourth-order valence-corrected chi connectivity index (χ4v) is 5.12. The van der Waals surface area contributed by atoms with Gasteiger partial charge in [0.05, 0.1) is 11.6 Å². The van der Waals surface area contributed by atoms with Crippen molar-refractivity contribution in [2.45, 2.75) is 43.7 Å². The smallest absolute Gasteiger partial charge is 0.231 e. The molecule has 1 aliphatic carbocycles. The SMILES string of the molecule is CO[C@@H]1CC=C2CCN3CCCc4c(ccc5c4OCO5)[C@]23C1. The van der Waals surface area contributed by atoms with E-state index in [0.29, 0.717) is 12.9 Å². The molecule has 1 aromatic carbocycles. The van der Waals surface area contributed by atoms with Gasteiger partial charge >= 0.3 is 0 Å². The van der Waals surface area contributed by atoms with E-state index in [0.717, 1.165) is 43.9 Å². The van der Waals surface area contributed by atoms with Crippen LogP contribution in [0.15, 0.2) is 23.8 Å². The van der Waals surface area contributed by atoms with Crippen molar-refractivity contribution in [3.8, 4) is 11.5 Å². The first-order valence-corrected chi connectivity index (χ1v) is 8.72. The van der Waals surface area contributed by atoms with Gasteiger partial charge in [-0.3, -0.25) is 4.90 Å². The van der Waals surface area contributed by atoms with Crippen LogP contribution in [0, 0.1) is 0 Å². The highest BCUT2D eigenvalue weighted by Gasteiger charge is 2.51. The molecule has 4 aliphatic rings. The van der Waals surface area contributed by atoms with Gasteiger partial charge in [0, 0.05) is 25.6 Å². The average Bonchev–Trinajstić information content (AvgIpc) is 3.16. The Balaban J connectivity index is 1.74. The second-order valence-corrected chi connectivity index (χ2v) is 7.05. The van der Waals surface area contributed by atoms with Crippen molar-refractivity contribution < 1.29 is 14.2 Å². The van der Waals surface area contributed by atoms with Crippen LogP contribution in [0.5, 0.6) is 11.5 Å². The number of methoxy groups -OCH3 is 1. The van der Waals surface area contributed by atoms with E-state index in [1.165, 1.54) is 24.0 Å². The van der Waals surface area contributed by atoms with Crippen LogP contribution < -0.4 is 9.47 Å². The fourth-order valence-electron chi connectivity index (χ4n) is 5.12. The predicted octanol–water partition coefficient (Wildman–Crippen LogP) is 3.00. The Bertz CT molecular complexity index is 683. The summed E-state index contributed by atoms with van der Waals surface area (Å²) in [6.07, 6.45) is 8.28. The predicted molar refractivity (Wildman–Crippen MR) is 86.9 cm³/mol. The summed E-state index contributed by atoms with van der Waals surface area (Å²) in [7, 11) is 1.84. The second kappa shape index (κ2) is 4.99. The lowest BCUT2D eigenvalue weighted by atomic mass is 9.73. The minimum absolute atomic E-state index is 0.0196. The topological polar surface area (TPSA) is 30.9 Å². The number of hydrogen-bond acceptors (Lipinski definition) is 4. The van der Waals surface area contributed by atoms with E-state index in [2.05, 4.69) is 23.1 Å². The monoisotopic (exact) mass is 313 g/mol. The molecule has 4 heteroatoms. The number of rotatable bonds is 1. The lowest BCUT2D eigenvalue weighted by Crippen LogP contribution is -2.46. The zero-order valence-corrected chi connectivity index (χ0v) is 13.6. The average molecular weight is 313 g/mol. The van der Waals surface area contributed by atoms with Gasteiger partial charge in [-0.1, -0.05) is 12.1 Å². The first kappa shape index (κ1) is 13.9. The first-order chi connectivity index (χ1) is 11.3. The summed E-state index contributed by atoms with van der Waals surface area (Å²) in [6, 6.07) is 4.39. The molecular formula is C19H23NO3. The minimum Gasteiger partial charge on any atom is -0.454 e. The molecular weight excluding hydrogens is 290 g/mol. The van der Waals surface area contributed by atoms with Crippen LogP contribution >= 0.6 is 0 Å². The summed E-state index contributed by atoms with van der Waals surface area (Å²) in [5, 5.41) is 0. The quantitative estimate of drug-likeness (QED) is 0.746. The Labute approximate surface area is 137 Å². The minimum atomic E-state index is 0.0196. The first-order valence-electron chi connectivity index (χ1n) is 8.72. The van der Waals surface area contributed by atoms with Gasteiger partial charge in [0.25, 0.3) is 0 Å². The number of benzene rings is 1. The number of hydrogen-bond donors (Lipinski definition) is 0. The highest BCUT2D eigenvalue weighted by atomic mass is 16.7. The molecule has 0 amide bonds. The lowest BCUT2D eigenvalue weighted by molar-refractivity contribution is 0.0347. The van der Waals surface area contributed by atoms with Crippen molar-refractivity contribution in [3.05, 3.63) is 34.9 Å². The van der Waals surface area contributed by atoms with Crippen molar-refractivity contribution in [3.63, 3.8) is 0 Å². The third kappa shape index (κ3) is 1.79. The molecule has 2 atom stereocenters. The van der Waals surface area contributed by atoms with Gasteiger partial charge in [-0.25, -0.2) is 0 Å². The standard InChI is InChI=1S/C19H23NO3/c1-21-14-5-4-13-8-10-20-9-2-3-15-16(19(13,20)11-14)6-7-17-18(15)23-12-22-17/h4,6-7,14H,2-3,5,8-12H2,1H3/t14-,19+/m1/s1. The van der Waals surface area contributed by atoms with Gasteiger partial charge in [0.1, 0.15) is 0 Å². The lowest BCUT2D eigenvalue weighted by Gasteiger charge is -2.44. The van der Waals surface area contributed by atoms with E-state index in [4.69, 9.17) is 14.2 Å². The second-order valence-electron chi connectivity index (χ2n) is 7.05. The van der Waals surface area contributed by atoms with Crippen molar-refractivity contribution in [1.82, 2.24) is 4.90 Å². The van der Waals surface area contributed by atoms with Crippen molar-refractivity contribution in [2.75, 3.05) is 27.0 Å². The molecule has 0 bridgehead atoms. The van der Waals surface area contributed by atoms with Gasteiger partial charge in [-0.2, -0.15) is 0 Å². The fraction of sp³-hybridized carbons (Fsp3) is 0.579. The molecule has 0 saturated carbocycles. The molecule has 3 aliphatic heterocycles. The Morgan fingerprint density at radius 1 is 1.22 bits per heavy atom. The highest BCUT2D eigenvalue weighted by molar-refractivity contribution is 5.57. The maximum Gasteiger partial charge on any atom is 0.231 e. The molecule has 0 aromatic heterocycles. The number of fused-ring (bicyclic) bond motifs is 3. The largest absolute Gasteiger partial charge is 0.454 e. The Morgan fingerprint density at radius 3 is 3.09 bits per heavy atom. The van der Waals surface area contributed by atoms with E-state index in [1.807, 2.05) is 7.11 Å². The van der Waals surface area contributed by atoms with Crippen molar-refractivity contribution >= 4 is 0 Å². The molecule has 1 saturated heterocycles. The van der Waals surface area contributed by atoms with Crippen LogP contribution in [-0.2, 0) is 16.7 Å². The van der Waals surface area contributed by atoms with Crippen molar-refractivity contribution in [1.29, 1.82) is 0 Å². The van der Waals surface area contributed by atoms with Gasteiger partial charge in [-0.05, 0) is 49.4 Å². The van der Waals surface area contributed by atoms with Crippen LogP contribution in [0.4, 0.5) is 0 Å². The maximum atomic E-state index is 5.84. The van der Waals surface area contributed by atoms with Crippen LogP contribution in [0.1, 0.15) is 36.8 Å². The molecule has 23 heavy (non-hydrogen) atoms. The summed E-state index contributed by atoms with van der Waals surface area (Å²) >= 11 is 0. The molecule has 3 heterocycles. The molecule has 1 aromatic rings. The van der Waals surface area contributed by atoms with E-state index in [9.17, 15) is 0 Å². The molecule has 5 rings (SSSR count). The number of ether oxygens (including phenoxy) is 3. The molecule has 1 fully saturated rings. The van der Waals surface area contributed by atoms with E-state index >= 15 is 0 Å². The van der Waals surface area contributed by atoms with Crippen LogP contribution in [0.2, 0.25) is 0 Å². The molecule has 1 spiro atoms. The summed E-state index contributed by atoms with van der Waals surface area (Å²) in [6.45, 7) is 2.67. The highest BCUT2D eigenvalue weighted by Crippen LogP contribution is 2.54. The molecule has 0 radical (unpaired) electrons. The molecule has 0 unspecified atom stereocenters. The molecule has 4 nitrogen and oxygen atoms in total. The third-order valence-corrected chi connectivity index (χ3v) is 6.15. The zero-order valence-electron chi connectivity index (χ0n) is 13.6. The normalized spacial score (nSPS) is 31.9. The summed E-state index contributed by atoms with van der Waals surface area (Å²) in [4.78, 5) is 2.69. The van der Waals surface area contributed by atoms with Gasteiger partial charge < -0.3 is 14.2 Å². The van der Waals surface area contributed by atoms with E-state index in [-0.39, 0.29) is 5.54 Å². The van der Waals surface area contributed by atoms with Crippen LogP contribution in [-0.4, -0.2) is 38.0 Å². The summed E-state index contributed by atoms with van der Waals surface area (Å²) < 4.78 is 17.2. The van der Waals surface area contributed by atoms with Crippen molar-refractivity contribution in [2.24, 2.45) is 0 Å². The maximum absolute atomic E-state index is 5.84. The molecule has 122 valence electrons.